The molecule has 0 aliphatic carbocycles. The molecule has 0 fully saturated rings. The van der Waals surface area contributed by atoms with Crippen molar-refractivity contribution in [1.82, 2.24) is 4.98 Å². The molecule has 2 aromatic carbocycles. The minimum Gasteiger partial charge on any atom is -0.486 e. The zero-order valence-electron chi connectivity index (χ0n) is 15.9. The van der Waals surface area contributed by atoms with Gasteiger partial charge in [-0.2, -0.15) is 0 Å². The van der Waals surface area contributed by atoms with E-state index in [1.807, 2.05) is 45.0 Å². The molecule has 4 aromatic rings. The molecule has 4 rings (SSSR count). The summed E-state index contributed by atoms with van der Waals surface area (Å²) in [6.45, 7) is 6.34. The highest BCUT2D eigenvalue weighted by Crippen LogP contribution is 2.27. The zero-order valence-corrected chi connectivity index (χ0v) is 16.7. The number of aryl methyl sites for hydroxylation is 3. The molecule has 0 spiro atoms. The van der Waals surface area contributed by atoms with Crippen LogP contribution in [0.3, 0.4) is 0 Å². The van der Waals surface area contributed by atoms with E-state index in [1.165, 1.54) is 11.3 Å². The Balaban J connectivity index is 1.42. The van der Waals surface area contributed by atoms with Gasteiger partial charge in [0.25, 0.3) is 5.91 Å². The van der Waals surface area contributed by atoms with Crippen LogP contribution in [0.25, 0.3) is 10.2 Å². The number of anilines is 1. The average molecular weight is 392 g/mol. The quantitative estimate of drug-likeness (QED) is 0.477. The first kappa shape index (κ1) is 18.3. The van der Waals surface area contributed by atoms with Crippen LogP contribution in [0.1, 0.15) is 33.0 Å². The highest BCUT2D eigenvalue weighted by atomic mass is 32.1. The summed E-state index contributed by atoms with van der Waals surface area (Å²) in [5, 5.41) is 3.35. The van der Waals surface area contributed by atoms with Gasteiger partial charge < -0.3 is 9.15 Å². The van der Waals surface area contributed by atoms with Crippen molar-refractivity contribution in [3.05, 3.63) is 76.7 Å². The normalized spacial score (nSPS) is 11.0. The third-order valence-electron chi connectivity index (χ3n) is 4.23. The number of nitrogens with zero attached hydrogens (tertiary/aromatic N) is 1. The smallest absolute Gasteiger partial charge is 0.293 e. The molecule has 142 valence electrons. The molecule has 0 aliphatic rings. The predicted molar refractivity (Wildman–Crippen MR) is 111 cm³/mol. The Hall–Kier alpha value is -3.12. The maximum Gasteiger partial charge on any atom is 0.293 e. The van der Waals surface area contributed by atoms with Crippen molar-refractivity contribution in [1.29, 1.82) is 0 Å². The van der Waals surface area contributed by atoms with E-state index in [0.717, 1.165) is 32.7 Å². The van der Waals surface area contributed by atoms with E-state index in [0.29, 0.717) is 10.9 Å². The number of hydrogen-bond acceptors (Lipinski definition) is 5. The number of furan rings is 1. The van der Waals surface area contributed by atoms with Crippen molar-refractivity contribution in [2.24, 2.45) is 0 Å². The topological polar surface area (TPSA) is 64.4 Å². The van der Waals surface area contributed by atoms with Crippen LogP contribution in [-0.4, -0.2) is 10.9 Å². The van der Waals surface area contributed by atoms with Gasteiger partial charge in [0.15, 0.2) is 10.9 Å². The molecule has 0 bridgehead atoms. The molecule has 28 heavy (non-hydrogen) atoms. The number of rotatable bonds is 5. The second-order valence-corrected chi connectivity index (χ2v) is 7.85. The SMILES string of the molecule is Cc1cc(C)cc(OCc2ccc(C(=O)Nc3nc4ccc(C)cc4s3)o2)c1. The third-order valence-corrected chi connectivity index (χ3v) is 5.16. The molecule has 0 atom stereocenters. The summed E-state index contributed by atoms with van der Waals surface area (Å²) in [7, 11) is 0. The predicted octanol–water partition coefficient (Wildman–Crippen LogP) is 5.65. The molecule has 5 nitrogen and oxygen atoms in total. The summed E-state index contributed by atoms with van der Waals surface area (Å²) in [4.78, 5) is 16.9. The molecule has 0 unspecified atom stereocenters. The molecule has 1 amide bonds. The first-order valence-corrected chi connectivity index (χ1v) is 9.76. The van der Waals surface area contributed by atoms with E-state index >= 15 is 0 Å². The second-order valence-electron chi connectivity index (χ2n) is 6.82. The van der Waals surface area contributed by atoms with Gasteiger partial charge in [-0.3, -0.25) is 10.1 Å². The van der Waals surface area contributed by atoms with E-state index in [2.05, 4.69) is 22.4 Å². The largest absolute Gasteiger partial charge is 0.486 e. The fourth-order valence-corrected chi connectivity index (χ4v) is 3.95. The average Bonchev–Trinajstić information content (AvgIpc) is 3.25. The number of carbonyl (C=O) groups is 1. The lowest BCUT2D eigenvalue weighted by molar-refractivity contribution is 0.0992. The van der Waals surface area contributed by atoms with Crippen molar-refractivity contribution >= 4 is 32.6 Å². The number of carbonyl (C=O) groups excluding carboxylic acids is 1. The number of benzene rings is 2. The first-order valence-electron chi connectivity index (χ1n) is 8.94. The molecule has 2 aromatic heterocycles. The Labute approximate surface area is 167 Å². The van der Waals surface area contributed by atoms with Gasteiger partial charge >= 0.3 is 0 Å². The van der Waals surface area contributed by atoms with Crippen LogP contribution in [0.5, 0.6) is 5.75 Å². The maximum atomic E-state index is 12.5. The zero-order chi connectivity index (χ0) is 19.7. The second kappa shape index (κ2) is 7.48. The molecule has 0 saturated heterocycles. The Bertz CT molecular complexity index is 1140. The number of hydrogen-bond donors (Lipinski definition) is 1. The minimum atomic E-state index is -0.326. The standard InChI is InChI=1S/C22H20N2O3S/c1-13-4-6-18-20(11-13)28-22(23-18)24-21(25)19-7-5-16(27-19)12-26-17-9-14(2)8-15(3)10-17/h4-11H,12H2,1-3H3,(H,23,24,25). The number of thiazole rings is 1. The van der Waals surface area contributed by atoms with Crippen LogP contribution in [0.2, 0.25) is 0 Å². The molecular weight excluding hydrogens is 372 g/mol. The van der Waals surface area contributed by atoms with Crippen LogP contribution in [0.15, 0.2) is 52.9 Å². The minimum absolute atomic E-state index is 0.231. The van der Waals surface area contributed by atoms with E-state index in [1.54, 1.807) is 12.1 Å². The van der Waals surface area contributed by atoms with Crippen LogP contribution in [0, 0.1) is 20.8 Å². The Morgan fingerprint density at radius 2 is 1.82 bits per heavy atom. The Morgan fingerprint density at radius 1 is 1.04 bits per heavy atom. The lowest BCUT2D eigenvalue weighted by atomic mass is 10.1. The summed E-state index contributed by atoms with van der Waals surface area (Å²) >= 11 is 1.44. The fourth-order valence-electron chi connectivity index (χ4n) is 2.99. The number of ether oxygens (including phenoxy) is 1. The maximum absolute atomic E-state index is 12.5. The van der Waals surface area contributed by atoms with Gasteiger partial charge in [-0.25, -0.2) is 4.98 Å². The Morgan fingerprint density at radius 3 is 2.61 bits per heavy atom. The van der Waals surface area contributed by atoms with E-state index in [4.69, 9.17) is 9.15 Å². The van der Waals surface area contributed by atoms with Crippen LogP contribution in [-0.2, 0) is 6.61 Å². The Kier molecular flexibility index (Phi) is 4.88. The van der Waals surface area contributed by atoms with Gasteiger partial charge in [0.2, 0.25) is 0 Å². The van der Waals surface area contributed by atoms with Crippen molar-refractivity contribution < 1.29 is 13.9 Å². The first-order chi connectivity index (χ1) is 13.5. The van der Waals surface area contributed by atoms with Crippen molar-refractivity contribution in [2.45, 2.75) is 27.4 Å². The van der Waals surface area contributed by atoms with Crippen molar-refractivity contribution in [2.75, 3.05) is 5.32 Å². The summed E-state index contributed by atoms with van der Waals surface area (Å²) < 4.78 is 12.5. The third kappa shape index (κ3) is 4.07. The summed E-state index contributed by atoms with van der Waals surface area (Å²) in [5.41, 5.74) is 4.31. The monoisotopic (exact) mass is 392 g/mol. The number of aromatic nitrogens is 1. The molecule has 0 aliphatic heterocycles. The lowest BCUT2D eigenvalue weighted by Gasteiger charge is -2.06. The molecule has 0 radical (unpaired) electrons. The van der Waals surface area contributed by atoms with Crippen LogP contribution < -0.4 is 10.1 Å². The highest BCUT2D eigenvalue weighted by molar-refractivity contribution is 7.22. The van der Waals surface area contributed by atoms with Gasteiger partial charge in [0, 0.05) is 0 Å². The van der Waals surface area contributed by atoms with Gasteiger partial charge in [-0.1, -0.05) is 23.5 Å². The van der Waals surface area contributed by atoms with Gasteiger partial charge in [0.05, 0.1) is 10.2 Å². The number of fused-ring (bicyclic) bond motifs is 1. The molecule has 6 heteroatoms. The summed E-state index contributed by atoms with van der Waals surface area (Å²) in [6.07, 6.45) is 0. The van der Waals surface area contributed by atoms with E-state index in [9.17, 15) is 4.79 Å². The highest BCUT2D eigenvalue weighted by Gasteiger charge is 2.14. The van der Waals surface area contributed by atoms with Gasteiger partial charge in [0.1, 0.15) is 18.1 Å². The molecule has 0 saturated carbocycles. The van der Waals surface area contributed by atoms with Gasteiger partial charge in [-0.15, -0.1) is 0 Å². The summed E-state index contributed by atoms with van der Waals surface area (Å²) in [6, 6.07) is 15.4. The van der Waals surface area contributed by atoms with E-state index < -0.39 is 0 Å². The molecular formula is C22H20N2O3S. The number of amides is 1. The molecule has 2 heterocycles. The van der Waals surface area contributed by atoms with Crippen molar-refractivity contribution in [3.8, 4) is 5.75 Å². The lowest BCUT2D eigenvalue weighted by Crippen LogP contribution is -2.10. The number of nitrogens with one attached hydrogen (secondary N) is 1. The van der Waals surface area contributed by atoms with Crippen LogP contribution >= 0.6 is 11.3 Å². The summed E-state index contributed by atoms with van der Waals surface area (Å²) in [5.74, 6) is 1.27. The van der Waals surface area contributed by atoms with Crippen molar-refractivity contribution in [3.63, 3.8) is 0 Å². The van der Waals surface area contributed by atoms with Crippen LogP contribution in [0.4, 0.5) is 5.13 Å². The molecule has 1 N–H and O–H groups in total. The van der Waals surface area contributed by atoms with Gasteiger partial charge in [-0.05, 0) is 73.9 Å². The van der Waals surface area contributed by atoms with E-state index in [-0.39, 0.29) is 18.3 Å². The fraction of sp³-hybridized carbons (Fsp3) is 0.182.